The van der Waals surface area contributed by atoms with E-state index in [2.05, 4.69) is 15.9 Å². The summed E-state index contributed by atoms with van der Waals surface area (Å²) in [6, 6.07) is 6.76. The first-order valence-electron chi connectivity index (χ1n) is 3.71. The van der Waals surface area contributed by atoms with Crippen LogP contribution in [0.1, 0.15) is 17.2 Å². The molecule has 0 aliphatic rings. The van der Waals surface area contributed by atoms with Gasteiger partial charge in [-0.15, -0.1) is 0 Å². The second-order valence-corrected chi connectivity index (χ2v) is 3.18. The van der Waals surface area contributed by atoms with Crippen LogP contribution in [0, 0.1) is 0 Å². The molecule has 0 aromatic heterocycles. The van der Waals surface area contributed by atoms with Crippen LogP contribution in [0.5, 0.6) is 0 Å². The zero-order valence-corrected chi connectivity index (χ0v) is 8.36. The predicted molar refractivity (Wildman–Crippen MR) is 51.7 cm³/mol. The Morgan fingerprint density at radius 1 is 1.38 bits per heavy atom. The fraction of sp³-hybridized carbons (Fsp3) is 0.222. The zero-order valence-electron chi connectivity index (χ0n) is 6.77. The molecule has 0 fully saturated rings. The molecule has 70 valence electrons. The van der Waals surface area contributed by atoms with Gasteiger partial charge in [-0.3, -0.25) is 0 Å². The molecule has 0 bridgehead atoms. The molecule has 0 aliphatic carbocycles. The van der Waals surface area contributed by atoms with Crippen LogP contribution in [0.3, 0.4) is 0 Å². The molecule has 0 saturated heterocycles. The van der Waals surface area contributed by atoms with Crippen molar-refractivity contribution < 1.29 is 15.0 Å². The van der Waals surface area contributed by atoms with Crippen molar-refractivity contribution in [1.82, 2.24) is 0 Å². The molecule has 1 aromatic rings. The summed E-state index contributed by atoms with van der Waals surface area (Å²) in [7, 11) is 0. The molecule has 3 nitrogen and oxygen atoms in total. The number of carboxylic acid groups (broad SMARTS) is 1. The van der Waals surface area contributed by atoms with Gasteiger partial charge >= 0.3 is 5.97 Å². The highest BCUT2D eigenvalue weighted by Gasteiger charge is 2.14. The summed E-state index contributed by atoms with van der Waals surface area (Å²) >= 11 is 3.27. The van der Waals surface area contributed by atoms with Crippen molar-refractivity contribution >= 4 is 21.9 Å². The molecule has 0 amide bonds. The Hall–Kier alpha value is -0.870. The largest absolute Gasteiger partial charge is 0.479 e. The number of benzene rings is 1. The minimum absolute atomic E-state index is 0.400. The van der Waals surface area contributed by atoms with E-state index in [1.165, 1.54) is 0 Å². The summed E-state index contributed by atoms with van der Waals surface area (Å²) < 4.78 is 0. The van der Waals surface area contributed by atoms with Crippen LogP contribution in [0.4, 0.5) is 0 Å². The molecule has 0 unspecified atom stereocenters. The number of carbonyl (C=O) groups is 1. The van der Waals surface area contributed by atoms with Gasteiger partial charge in [-0.2, -0.15) is 0 Å². The van der Waals surface area contributed by atoms with Crippen LogP contribution in [0.2, 0.25) is 0 Å². The Bertz CT molecular complexity index is 294. The number of rotatable bonds is 3. The maximum Gasteiger partial charge on any atom is 0.337 e. The Balaban J connectivity index is 2.85. The Morgan fingerprint density at radius 2 is 1.92 bits per heavy atom. The maximum absolute atomic E-state index is 10.4. The Kier molecular flexibility index (Phi) is 3.45. The molecule has 0 saturated carbocycles. The van der Waals surface area contributed by atoms with E-state index in [0.29, 0.717) is 5.56 Å². The smallest absolute Gasteiger partial charge is 0.337 e. The van der Waals surface area contributed by atoms with Crippen LogP contribution in [0.15, 0.2) is 24.3 Å². The number of aliphatic hydroxyl groups is 1. The first-order chi connectivity index (χ1) is 6.15. The second kappa shape index (κ2) is 4.39. The van der Waals surface area contributed by atoms with E-state index in [1.54, 1.807) is 24.3 Å². The van der Waals surface area contributed by atoms with Gasteiger partial charge in [-0.05, 0) is 11.1 Å². The predicted octanol–water partition coefficient (Wildman–Crippen LogP) is 1.70. The van der Waals surface area contributed by atoms with Crippen molar-refractivity contribution in [3.05, 3.63) is 35.4 Å². The van der Waals surface area contributed by atoms with Gasteiger partial charge < -0.3 is 10.2 Å². The third kappa shape index (κ3) is 2.54. The number of carboxylic acids is 1. The van der Waals surface area contributed by atoms with Gasteiger partial charge in [-0.25, -0.2) is 4.79 Å². The average molecular weight is 245 g/mol. The van der Waals surface area contributed by atoms with E-state index in [0.717, 1.165) is 10.9 Å². The number of halogens is 1. The summed E-state index contributed by atoms with van der Waals surface area (Å²) in [4.78, 5) is 10.4. The van der Waals surface area contributed by atoms with E-state index >= 15 is 0 Å². The molecule has 1 atom stereocenters. The van der Waals surface area contributed by atoms with Crippen LogP contribution in [0.25, 0.3) is 0 Å². The van der Waals surface area contributed by atoms with Gasteiger partial charge in [0, 0.05) is 5.33 Å². The van der Waals surface area contributed by atoms with E-state index in [1.807, 2.05) is 0 Å². The molecule has 1 aromatic carbocycles. The van der Waals surface area contributed by atoms with Crippen molar-refractivity contribution in [2.75, 3.05) is 0 Å². The summed E-state index contributed by atoms with van der Waals surface area (Å²) in [6.07, 6.45) is -1.43. The van der Waals surface area contributed by atoms with Gasteiger partial charge in [0.25, 0.3) is 0 Å². The Morgan fingerprint density at radius 3 is 2.31 bits per heavy atom. The van der Waals surface area contributed by atoms with E-state index in [4.69, 9.17) is 10.2 Å². The monoisotopic (exact) mass is 244 g/mol. The highest BCUT2D eigenvalue weighted by atomic mass is 79.9. The minimum atomic E-state index is -1.43. The summed E-state index contributed by atoms with van der Waals surface area (Å²) in [5.74, 6) is -1.23. The Labute approximate surface area is 84.1 Å². The topological polar surface area (TPSA) is 57.5 Å². The average Bonchev–Trinajstić information content (AvgIpc) is 2.17. The molecule has 4 heteroatoms. The molecule has 0 spiro atoms. The SMILES string of the molecule is O=C(O)[C@H](O)c1ccc(CBr)cc1. The highest BCUT2D eigenvalue weighted by Crippen LogP contribution is 2.14. The van der Waals surface area contributed by atoms with Gasteiger partial charge in [-0.1, -0.05) is 40.2 Å². The molecular weight excluding hydrogens is 236 g/mol. The van der Waals surface area contributed by atoms with E-state index in [-0.39, 0.29) is 0 Å². The van der Waals surface area contributed by atoms with Crippen LogP contribution < -0.4 is 0 Å². The second-order valence-electron chi connectivity index (χ2n) is 2.62. The normalized spacial score (nSPS) is 12.5. The van der Waals surface area contributed by atoms with Crippen molar-refractivity contribution in [3.8, 4) is 0 Å². The lowest BCUT2D eigenvalue weighted by Gasteiger charge is -2.05. The van der Waals surface area contributed by atoms with Crippen molar-refractivity contribution in [1.29, 1.82) is 0 Å². The number of aliphatic carboxylic acids is 1. The highest BCUT2D eigenvalue weighted by molar-refractivity contribution is 9.08. The van der Waals surface area contributed by atoms with Gasteiger partial charge in [0.1, 0.15) is 0 Å². The molecule has 0 aliphatic heterocycles. The van der Waals surface area contributed by atoms with E-state index < -0.39 is 12.1 Å². The molecule has 0 heterocycles. The van der Waals surface area contributed by atoms with Crippen molar-refractivity contribution in [3.63, 3.8) is 0 Å². The lowest BCUT2D eigenvalue weighted by Crippen LogP contribution is -2.10. The lowest BCUT2D eigenvalue weighted by molar-refractivity contribution is -0.146. The quantitative estimate of drug-likeness (QED) is 0.797. The number of hydrogen-bond donors (Lipinski definition) is 2. The molecule has 0 radical (unpaired) electrons. The summed E-state index contributed by atoms with van der Waals surface area (Å²) in [5, 5.41) is 18.4. The zero-order chi connectivity index (χ0) is 9.84. The maximum atomic E-state index is 10.4. The first kappa shape index (κ1) is 10.2. The molecule has 2 N–H and O–H groups in total. The number of aliphatic hydroxyl groups excluding tert-OH is 1. The van der Waals surface area contributed by atoms with Gasteiger partial charge in [0.05, 0.1) is 0 Å². The van der Waals surface area contributed by atoms with Gasteiger partial charge in [0.15, 0.2) is 6.10 Å². The molecular formula is C9H9BrO3. The van der Waals surface area contributed by atoms with Crippen molar-refractivity contribution in [2.24, 2.45) is 0 Å². The lowest BCUT2D eigenvalue weighted by atomic mass is 10.1. The third-order valence-corrected chi connectivity index (χ3v) is 2.33. The number of alkyl halides is 1. The molecule has 1 rings (SSSR count). The van der Waals surface area contributed by atoms with E-state index in [9.17, 15) is 4.79 Å². The van der Waals surface area contributed by atoms with Crippen molar-refractivity contribution in [2.45, 2.75) is 11.4 Å². The first-order valence-corrected chi connectivity index (χ1v) is 4.83. The van der Waals surface area contributed by atoms with Crippen LogP contribution in [-0.4, -0.2) is 16.2 Å². The molecule has 13 heavy (non-hydrogen) atoms. The minimum Gasteiger partial charge on any atom is -0.479 e. The number of hydrogen-bond acceptors (Lipinski definition) is 2. The fourth-order valence-corrected chi connectivity index (χ4v) is 1.31. The van der Waals surface area contributed by atoms with Crippen LogP contribution >= 0.6 is 15.9 Å². The summed E-state index contributed by atoms with van der Waals surface area (Å²) in [6.45, 7) is 0. The van der Waals surface area contributed by atoms with Crippen LogP contribution in [-0.2, 0) is 10.1 Å². The van der Waals surface area contributed by atoms with Gasteiger partial charge in [0.2, 0.25) is 0 Å². The standard InChI is InChI=1S/C9H9BrO3/c10-5-6-1-3-7(4-2-6)8(11)9(12)13/h1-4,8,11H,5H2,(H,12,13)/t8-/m1/s1. The third-order valence-electron chi connectivity index (χ3n) is 1.68. The summed E-state index contributed by atoms with van der Waals surface area (Å²) in [5.41, 5.74) is 1.44. The fourth-order valence-electron chi connectivity index (χ4n) is 0.932.